The summed E-state index contributed by atoms with van der Waals surface area (Å²) in [7, 11) is 3.98. The summed E-state index contributed by atoms with van der Waals surface area (Å²) in [5.41, 5.74) is 0.736. The van der Waals surface area contributed by atoms with Crippen LogP contribution in [-0.4, -0.2) is 42.0 Å². The number of benzene rings is 1. The van der Waals surface area contributed by atoms with Gasteiger partial charge in [-0.05, 0) is 39.2 Å². The fourth-order valence-corrected chi connectivity index (χ4v) is 1.96. The zero-order valence-corrected chi connectivity index (χ0v) is 12.9. The molecule has 8 nitrogen and oxygen atoms in total. The molecular formula is C15H17N5O3. The normalized spacial score (nSPS) is 10.5. The fraction of sp³-hybridized carbons (Fsp3) is 0.333. The zero-order chi connectivity index (χ0) is 16.8. The first-order chi connectivity index (χ1) is 11.0. The molecule has 1 aromatic heterocycles. The number of aromatic nitrogens is 1. The van der Waals surface area contributed by atoms with E-state index >= 15 is 0 Å². The van der Waals surface area contributed by atoms with E-state index < -0.39 is 4.92 Å². The highest BCUT2D eigenvalue weighted by atomic mass is 16.6. The minimum Gasteiger partial charge on any atom is -0.419 e. The summed E-state index contributed by atoms with van der Waals surface area (Å²) in [6.45, 7) is 1.57. The van der Waals surface area contributed by atoms with Gasteiger partial charge >= 0.3 is 0 Å². The average molecular weight is 315 g/mol. The van der Waals surface area contributed by atoms with Crippen LogP contribution >= 0.6 is 0 Å². The highest BCUT2D eigenvalue weighted by Crippen LogP contribution is 2.26. The van der Waals surface area contributed by atoms with E-state index in [0.717, 1.165) is 13.0 Å². The minimum atomic E-state index is -0.474. The molecule has 0 saturated carbocycles. The molecule has 0 radical (unpaired) electrons. The Morgan fingerprint density at radius 1 is 1.39 bits per heavy atom. The molecule has 1 heterocycles. The van der Waals surface area contributed by atoms with Crippen molar-refractivity contribution < 1.29 is 9.34 Å². The lowest BCUT2D eigenvalue weighted by molar-refractivity contribution is -0.384. The van der Waals surface area contributed by atoms with E-state index in [2.05, 4.69) is 15.2 Å². The van der Waals surface area contributed by atoms with Crippen molar-refractivity contribution in [1.82, 2.24) is 9.88 Å². The van der Waals surface area contributed by atoms with Crippen molar-refractivity contribution in [2.75, 3.05) is 32.5 Å². The molecule has 0 fully saturated rings. The third-order valence-corrected chi connectivity index (χ3v) is 3.13. The van der Waals surface area contributed by atoms with Gasteiger partial charge in [0.15, 0.2) is 0 Å². The SMILES string of the molecule is CN(C)CCCNc1oc(-c2ccc([N+](=O)[O-])cc2)nc1C#N. The summed E-state index contributed by atoms with van der Waals surface area (Å²) in [5.74, 6) is 0.575. The maximum Gasteiger partial charge on any atom is 0.269 e. The molecule has 0 aliphatic carbocycles. The lowest BCUT2D eigenvalue weighted by Gasteiger charge is -2.09. The van der Waals surface area contributed by atoms with Gasteiger partial charge < -0.3 is 14.6 Å². The molecule has 8 heteroatoms. The number of rotatable bonds is 7. The van der Waals surface area contributed by atoms with Crippen molar-refractivity contribution in [3.63, 3.8) is 0 Å². The van der Waals surface area contributed by atoms with Crippen LogP contribution in [0.25, 0.3) is 11.5 Å². The Kier molecular flexibility index (Phi) is 5.28. The molecule has 2 rings (SSSR count). The molecule has 0 aliphatic rings. The zero-order valence-electron chi connectivity index (χ0n) is 12.9. The van der Waals surface area contributed by atoms with E-state index in [-0.39, 0.29) is 17.3 Å². The van der Waals surface area contributed by atoms with Crippen LogP contribution in [-0.2, 0) is 0 Å². The van der Waals surface area contributed by atoms with Crippen molar-refractivity contribution in [2.45, 2.75) is 6.42 Å². The van der Waals surface area contributed by atoms with Crippen LogP contribution in [0.2, 0.25) is 0 Å². The van der Waals surface area contributed by atoms with Crippen LogP contribution in [0, 0.1) is 21.4 Å². The lowest BCUT2D eigenvalue weighted by Crippen LogP contribution is -2.16. The Balaban J connectivity index is 2.11. The number of nitriles is 1. The monoisotopic (exact) mass is 315 g/mol. The Hall–Kier alpha value is -2.92. The van der Waals surface area contributed by atoms with Gasteiger partial charge in [-0.3, -0.25) is 10.1 Å². The number of oxazole rings is 1. The Morgan fingerprint density at radius 3 is 2.65 bits per heavy atom. The maximum atomic E-state index is 10.7. The number of nitro benzene ring substituents is 1. The molecular weight excluding hydrogens is 298 g/mol. The van der Waals surface area contributed by atoms with Crippen molar-refractivity contribution in [2.24, 2.45) is 0 Å². The highest BCUT2D eigenvalue weighted by Gasteiger charge is 2.15. The number of non-ortho nitro benzene ring substituents is 1. The quantitative estimate of drug-likeness (QED) is 0.475. The summed E-state index contributed by atoms with van der Waals surface area (Å²) in [6.07, 6.45) is 0.894. The molecule has 1 aromatic carbocycles. The third kappa shape index (κ3) is 4.28. The van der Waals surface area contributed by atoms with Gasteiger partial charge in [0, 0.05) is 24.2 Å². The third-order valence-electron chi connectivity index (χ3n) is 3.13. The largest absolute Gasteiger partial charge is 0.419 e. The number of hydrogen-bond acceptors (Lipinski definition) is 7. The van der Waals surface area contributed by atoms with E-state index in [1.54, 1.807) is 12.1 Å². The summed E-state index contributed by atoms with van der Waals surface area (Å²) < 4.78 is 5.57. The summed E-state index contributed by atoms with van der Waals surface area (Å²) in [4.78, 5) is 16.4. The van der Waals surface area contributed by atoms with E-state index in [4.69, 9.17) is 9.68 Å². The lowest BCUT2D eigenvalue weighted by atomic mass is 10.2. The molecule has 23 heavy (non-hydrogen) atoms. The molecule has 0 aliphatic heterocycles. The molecule has 2 aromatic rings. The molecule has 0 saturated heterocycles. The summed E-state index contributed by atoms with van der Waals surface area (Å²) in [5, 5.41) is 22.8. The highest BCUT2D eigenvalue weighted by molar-refractivity contribution is 5.60. The van der Waals surface area contributed by atoms with E-state index in [1.807, 2.05) is 20.2 Å². The van der Waals surface area contributed by atoms with Gasteiger partial charge in [0.2, 0.25) is 17.5 Å². The average Bonchev–Trinajstić information content (AvgIpc) is 2.94. The molecule has 120 valence electrons. The van der Waals surface area contributed by atoms with E-state index in [9.17, 15) is 10.1 Å². The van der Waals surface area contributed by atoms with Crippen molar-refractivity contribution in [3.8, 4) is 17.5 Å². The second-order valence-electron chi connectivity index (χ2n) is 5.20. The predicted molar refractivity (Wildman–Crippen MR) is 85.0 cm³/mol. The van der Waals surface area contributed by atoms with Crippen LogP contribution < -0.4 is 5.32 Å². The van der Waals surface area contributed by atoms with Crippen LogP contribution in [0.4, 0.5) is 11.6 Å². The maximum absolute atomic E-state index is 10.7. The topological polar surface area (TPSA) is 108 Å². The standard InChI is InChI=1S/C15H17N5O3/c1-19(2)9-3-8-17-15-13(10-16)18-14(23-15)11-4-6-12(7-5-11)20(21)22/h4-7,17H,3,8-9H2,1-2H3. The van der Waals surface area contributed by atoms with Gasteiger partial charge in [-0.15, -0.1) is 0 Å². The predicted octanol–water partition coefficient (Wildman–Crippen LogP) is 2.49. The molecule has 1 N–H and O–H groups in total. The number of nitrogens with zero attached hydrogens (tertiary/aromatic N) is 4. The Labute approximate surface area is 133 Å². The van der Waals surface area contributed by atoms with Crippen molar-refractivity contribution in [1.29, 1.82) is 5.26 Å². The van der Waals surface area contributed by atoms with Crippen molar-refractivity contribution in [3.05, 3.63) is 40.1 Å². The fourth-order valence-electron chi connectivity index (χ4n) is 1.96. The molecule has 0 amide bonds. The minimum absolute atomic E-state index is 0.0113. The number of anilines is 1. The smallest absolute Gasteiger partial charge is 0.269 e. The first-order valence-electron chi connectivity index (χ1n) is 7.05. The van der Waals surface area contributed by atoms with Crippen LogP contribution in [0.15, 0.2) is 28.7 Å². The van der Waals surface area contributed by atoms with E-state index in [1.165, 1.54) is 12.1 Å². The van der Waals surface area contributed by atoms with Gasteiger partial charge in [0.05, 0.1) is 4.92 Å². The second kappa shape index (κ2) is 7.38. The molecule has 0 unspecified atom stereocenters. The molecule has 0 bridgehead atoms. The van der Waals surface area contributed by atoms with Gasteiger partial charge in [-0.1, -0.05) is 0 Å². The Bertz CT molecular complexity index is 716. The second-order valence-corrected chi connectivity index (χ2v) is 5.20. The van der Waals surface area contributed by atoms with Crippen molar-refractivity contribution >= 4 is 11.6 Å². The Morgan fingerprint density at radius 2 is 2.09 bits per heavy atom. The van der Waals surface area contributed by atoms with Crippen LogP contribution in [0.1, 0.15) is 12.1 Å². The first kappa shape index (κ1) is 16.5. The van der Waals surface area contributed by atoms with Crippen LogP contribution in [0.3, 0.4) is 0 Å². The number of nitro groups is 1. The summed E-state index contributed by atoms with van der Waals surface area (Å²) in [6, 6.07) is 7.81. The van der Waals surface area contributed by atoms with E-state index in [0.29, 0.717) is 18.0 Å². The van der Waals surface area contributed by atoms with Gasteiger partial charge in [0.25, 0.3) is 5.69 Å². The molecule has 0 atom stereocenters. The summed E-state index contributed by atoms with van der Waals surface area (Å²) >= 11 is 0. The molecule has 0 spiro atoms. The van der Waals surface area contributed by atoms with Gasteiger partial charge in [-0.25, -0.2) is 0 Å². The number of nitrogens with one attached hydrogen (secondary N) is 1. The van der Waals surface area contributed by atoms with Gasteiger partial charge in [0.1, 0.15) is 6.07 Å². The van der Waals surface area contributed by atoms with Crippen LogP contribution in [0.5, 0.6) is 0 Å². The van der Waals surface area contributed by atoms with Gasteiger partial charge in [-0.2, -0.15) is 10.2 Å². The number of hydrogen-bond donors (Lipinski definition) is 1. The first-order valence-corrected chi connectivity index (χ1v) is 7.05.